The van der Waals surface area contributed by atoms with Crippen LogP contribution in [0.5, 0.6) is 0 Å². The molecule has 0 atom stereocenters. The van der Waals surface area contributed by atoms with Crippen molar-refractivity contribution < 1.29 is 0 Å². The number of aromatic amines is 1. The molecule has 0 unspecified atom stereocenters. The normalized spacial score (nSPS) is 10.7. The Morgan fingerprint density at radius 2 is 1.95 bits per heavy atom. The van der Waals surface area contributed by atoms with Gasteiger partial charge in [0.15, 0.2) is 0 Å². The van der Waals surface area contributed by atoms with Gasteiger partial charge in [0.05, 0.1) is 16.6 Å². The second-order valence-electron chi connectivity index (χ2n) is 5.42. The van der Waals surface area contributed by atoms with E-state index in [0.29, 0.717) is 6.42 Å². The lowest BCUT2D eigenvalue weighted by Gasteiger charge is -2.06. The summed E-state index contributed by atoms with van der Waals surface area (Å²) >= 11 is 1.79. The largest absolute Gasteiger partial charge is 0.357 e. The molecule has 0 aliphatic rings. The number of aromatic nitrogens is 1. The Bertz CT molecular complexity index is 588. The second-order valence-corrected chi connectivity index (χ2v) is 6.37. The van der Waals surface area contributed by atoms with E-state index in [2.05, 4.69) is 42.4 Å². The third-order valence-corrected chi connectivity index (χ3v) is 4.68. The Kier molecular flexibility index (Phi) is 6.07. The molecule has 2 aromatic heterocycles. The molecule has 0 fully saturated rings. The summed E-state index contributed by atoms with van der Waals surface area (Å²) in [5.74, 6) is 0. The van der Waals surface area contributed by atoms with Gasteiger partial charge < -0.3 is 4.98 Å². The summed E-state index contributed by atoms with van der Waals surface area (Å²) in [7, 11) is 0. The quantitative estimate of drug-likeness (QED) is 0.643. The molecule has 2 rings (SSSR count). The first-order valence-corrected chi connectivity index (χ1v) is 8.83. The zero-order chi connectivity index (χ0) is 15.1. The molecular formula is C18H24N2S. The van der Waals surface area contributed by atoms with E-state index in [1.54, 1.807) is 11.3 Å². The van der Waals surface area contributed by atoms with Gasteiger partial charge in [-0.05, 0) is 48.3 Å². The van der Waals surface area contributed by atoms with Crippen LogP contribution in [0.4, 0.5) is 0 Å². The first kappa shape index (κ1) is 15.9. The average molecular weight is 300 g/mol. The Morgan fingerprint density at radius 3 is 2.57 bits per heavy atom. The van der Waals surface area contributed by atoms with Crippen molar-refractivity contribution in [2.45, 2.75) is 58.8 Å². The summed E-state index contributed by atoms with van der Waals surface area (Å²) in [5, 5.41) is 10.9. The van der Waals surface area contributed by atoms with E-state index >= 15 is 0 Å². The van der Waals surface area contributed by atoms with Gasteiger partial charge in [-0.15, -0.1) is 11.3 Å². The SMILES string of the molecule is CCCc1[nH]c(-c2cccs2)c(CCCC#N)c1CCC. The Morgan fingerprint density at radius 1 is 1.14 bits per heavy atom. The monoisotopic (exact) mass is 300 g/mol. The van der Waals surface area contributed by atoms with E-state index in [-0.39, 0.29) is 0 Å². The van der Waals surface area contributed by atoms with E-state index < -0.39 is 0 Å². The van der Waals surface area contributed by atoms with Crippen molar-refractivity contribution in [1.82, 2.24) is 4.98 Å². The number of rotatable bonds is 8. The van der Waals surface area contributed by atoms with Crippen LogP contribution in [0.1, 0.15) is 56.4 Å². The summed E-state index contributed by atoms with van der Waals surface area (Å²) in [6.07, 6.45) is 7.20. The maximum absolute atomic E-state index is 8.80. The predicted molar refractivity (Wildman–Crippen MR) is 90.6 cm³/mol. The standard InChI is InChI=1S/C18H24N2S/c1-3-8-14-15(10-5-6-12-19)18(17-11-7-13-21-17)20-16(14)9-4-2/h7,11,13,20H,3-6,8-10H2,1-2H3. The highest BCUT2D eigenvalue weighted by molar-refractivity contribution is 7.13. The number of nitrogens with zero attached hydrogens (tertiary/aromatic N) is 1. The van der Waals surface area contributed by atoms with Crippen molar-refractivity contribution in [3.8, 4) is 16.6 Å². The average Bonchev–Trinajstić information content (AvgIpc) is 3.10. The molecule has 2 nitrogen and oxygen atoms in total. The Balaban J connectivity index is 2.41. The van der Waals surface area contributed by atoms with E-state index in [1.807, 2.05) is 0 Å². The van der Waals surface area contributed by atoms with Gasteiger partial charge in [0.1, 0.15) is 0 Å². The molecule has 2 aromatic rings. The number of unbranched alkanes of at least 4 members (excludes halogenated alkanes) is 1. The van der Waals surface area contributed by atoms with Crippen molar-refractivity contribution in [3.05, 3.63) is 34.3 Å². The fraction of sp³-hybridized carbons (Fsp3) is 0.500. The molecule has 0 aromatic carbocycles. The van der Waals surface area contributed by atoms with Crippen LogP contribution >= 0.6 is 11.3 Å². The lowest BCUT2D eigenvalue weighted by molar-refractivity contribution is 0.813. The number of hydrogen-bond donors (Lipinski definition) is 1. The highest BCUT2D eigenvalue weighted by atomic mass is 32.1. The zero-order valence-corrected chi connectivity index (χ0v) is 13.9. The zero-order valence-electron chi connectivity index (χ0n) is 13.0. The number of nitriles is 1. The van der Waals surface area contributed by atoms with Crippen molar-refractivity contribution in [1.29, 1.82) is 5.26 Å². The van der Waals surface area contributed by atoms with E-state index in [0.717, 1.165) is 25.7 Å². The third-order valence-electron chi connectivity index (χ3n) is 3.79. The van der Waals surface area contributed by atoms with Crippen LogP contribution in [-0.4, -0.2) is 4.98 Å². The van der Waals surface area contributed by atoms with Gasteiger partial charge in [-0.2, -0.15) is 5.26 Å². The molecule has 3 heteroatoms. The molecule has 0 amide bonds. The molecule has 0 saturated carbocycles. The Hall–Kier alpha value is -1.53. The molecule has 0 saturated heterocycles. The van der Waals surface area contributed by atoms with Gasteiger partial charge >= 0.3 is 0 Å². The summed E-state index contributed by atoms with van der Waals surface area (Å²) in [4.78, 5) is 5.01. The van der Waals surface area contributed by atoms with Crippen LogP contribution < -0.4 is 0 Å². The highest BCUT2D eigenvalue weighted by Gasteiger charge is 2.17. The number of aryl methyl sites for hydroxylation is 1. The first-order valence-electron chi connectivity index (χ1n) is 7.95. The smallest absolute Gasteiger partial charge is 0.0621 e. The van der Waals surface area contributed by atoms with Gasteiger partial charge in [0, 0.05) is 12.1 Å². The van der Waals surface area contributed by atoms with Crippen LogP contribution in [0, 0.1) is 11.3 Å². The number of H-pyrrole nitrogens is 1. The number of nitrogens with one attached hydrogen (secondary N) is 1. The predicted octanol–water partition coefficient (Wildman–Crippen LogP) is 5.49. The van der Waals surface area contributed by atoms with E-state index in [1.165, 1.54) is 40.2 Å². The van der Waals surface area contributed by atoms with Crippen molar-refractivity contribution >= 4 is 11.3 Å². The molecule has 2 heterocycles. The minimum absolute atomic E-state index is 0.643. The van der Waals surface area contributed by atoms with Crippen LogP contribution in [0.15, 0.2) is 17.5 Å². The van der Waals surface area contributed by atoms with Crippen molar-refractivity contribution in [3.63, 3.8) is 0 Å². The minimum Gasteiger partial charge on any atom is -0.357 e. The van der Waals surface area contributed by atoms with Gasteiger partial charge in [0.25, 0.3) is 0 Å². The molecule has 21 heavy (non-hydrogen) atoms. The summed E-state index contributed by atoms with van der Waals surface area (Å²) in [5.41, 5.74) is 5.68. The van der Waals surface area contributed by atoms with Gasteiger partial charge in [0.2, 0.25) is 0 Å². The molecule has 0 spiro atoms. The van der Waals surface area contributed by atoms with E-state index in [9.17, 15) is 0 Å². The third kappa shape index (κ3) is 3.77. The van der Waals surface area contributed by atoms with Crippen LogP contribution in [0.2, 0.25) is 0 Å². The molecule has 0 aliphatic carbocycles. The highest BCUT2D eigenvalue weighted by Crippen LogP contribution is 2.33. The first-order chi connectivity index (χ1) is 10.3. The number of hydrogen-bond acceptors (Lipinski definition) is 2. The second kappa shape index (κ2) is 8.05. The maximum Gasteiger partial charge on any atom is 0.0621 e. The van der Waals surface area contributed by atoms with Crippen LogP contribution in [-0.2, 0) is 19.3 Å². The van der Waals surface area contributed by atoms with Crippen LogP contribution in [0.25, 0.3) is 10.6 Å². The minimum atomic E-state index is 0.643. The van der Waals surface area contributed by atoms with Gasteiger partial charge in [-0.3, -0.25) is 0 Å². The summed E-state index contributed by atoms with van der Waals surface area (Å²) in [6, 6.07) is 6.57. The molecule has 1 N–H and O–H groups in total. The lowest BCUT2D eigenvalue weighted by atomic mass is 9.97. The van der Waals surface area contributed by atoms with Crippen molar-refractivity contribution in [2.75, 3.05) is 0 Å². The molecular weight excluding hydrogens is 276 g/mol. The lowest BCUT2D eigenvalue weighted by Crippen LogP contribution is -1.95. The van der Waals surface area contributed by atoms with Gasteiger partial charge in [-0.25, -0.2) is 0 Å². The molecule has 0 aliphatic heterocycles. The Labute approximate surface area is 131 Å². The number of thiophene rings is 1. The summed E-state index contributed by atoms with van der Waals surface area (Å²) in [6.45, 7) is 4.48. The molecule has 0 bridgehead atoms. The summed E-state index contributed by atoms with van der Waals surface area (Å²) < 4.78 is 0. The van der Waals surface area contributed by atoms with Gasteiger partial charge in [-0.1, -0.05) is 32.8 Å². The van der Waals surface area contributed by atoms with E-state index in [4.69, 9.17) is 5.26 Å². The fourth-order valence-electron chi connectivity index (χ4n) is 2.90. The van der Waals surface area contributed by atoms with Crippen LogP contribution in [0.3, 0.4) is 0 Å². The fourth-order valence-corrected chi connectivity index (χ4v) is 3.65. The molecule has 0 radical (unpaired) electrons. The maximum atomic E-state index is 8.80. The molecule has 112 valence electrons. The topological polar surface area (TPSA) is 39.6 Å². The van der Waals surface area contributed by atoms with Crippen molar-refractivity contribution in [2.24, 2.45) is 0 Å².